The highest BCUT2D eigenvalue weighted by molar-refractivity contribution is 7.80. The minimum atomic E-state index is 0.160. The van der Waals surface area contributed by atoms with Crippen molar-refractivity contribution in [3.05, 3.63) is 29.8 Å². The number of thiol groups is 1. The average molecular weight is 249 g/mol. The molecule has 1 fully saturated rings. The molecule has 1 unspecified atom stereocenters. The van der Waals surface area contributed by atoms with Crippen LogP contribution in [-0.2, 0) is 0 Å². The van der Waals surface area contributed by atoms with Crippen LogP contribution in [0.15, 0.2) is 29.2 Å². The number of carbonyl (C=O) groups is 1. The molecule has 0 aliphatic carbocycles. The summed E-state index contributed by atoms with van der Waals surface area (Å²) >= 11 is 4.24. The van der Waals surface area contributed by atoms with Gasteiger partial charge >= 0.3 is 0 Å². The van der Waals surface area contributed by atoms with E-state index in [1.807, 2.05) is 29.2 Å². The number of carbonyl (C=O) groups excluding carboxylic acids is 1. The molecule has 1 aliphatic heterocycles. The zero-order valence-corrected chi connectivity index (χ0v) is 11.1. The number of hydrogen-bond donors (Lipinski definition) is 1. The van der Waals surface area contributed by atoms with Gasteiger partial charge in [0.25, 0.3) is 5.91 Å². The molecule has 0 aromatic heterocycles. The second kappa shape index (κ2) is 5.58. The summed E-state index contributed by atoms with van der Waals surface area (Å²) in [7, 11) is 0. The minimum Gasteiger partial charge on any atom is -0.336 e. The van der Waals surface area contributed by atoms with E-state index in [0.29, 0.717) is 6.04 Å². The predicted molar refractivity (Wildman–Crippen MR) is 72.7 cm³/mol. The van der Waals surface area contributed by atoms with E-state index in [1.54, 1.807) is 0 Å². The van der Waals surface area contributed by atoms with Gasteiger partial charge in [-0.25, -0.2) is 0 Å². The Hall–Kier alpha value is -0.960. The normalized spacial score (nSPS) is 21.1. The van der Waals surface area contributed by atoms with Gasteiger partial charge in [0.15, 0.2) is 0 Å². The lowest BCUT2D eigenvalue weighted by molar-refractivity contribution is 0.0698. The van der Waals surface area contributed by atoms with Gasteiger partial charge in [-0.3, -0.25) is 4.79 Å². The van der Waals surface area contributed by atoms with Crippen molar-refractivity contribution in [2.75, 3.05) is 6.54 Å². The molecule has 1 atom stereocenters. The minimum absolute atomic E-state index is 0.160. The van der Waals surface area contributed by atoms with Crippen molar-refractivity contribution in [3.8, 4) is 0 Å². The number of benzene rings is 1. The van der Waals surface area contributed by atoms with Gasteiger partial charge in [0.05, 0.1) is 0 Å². The summed E-state index contributed by atoms with van der Waals surface area (Å²) in [5.74, 6) is 0.160. The van der Waals surface area contributed by atoms with Gasteiger partial charge < -0.3 is 4.90 Å². The predicted octanol–water partition coefficient (Wildman–Crippen LogP) is 3.38. The number of likely N-dealkylation sites (tertiary alicyclic amines) is 1. The van der Waals surface area contributed by atoms with E-state index in [1.165, 1.54) is 12.8 Å². The van der Waals surface area contributed by atoms with Gasteiger partial charge in [0.1, 0.15) is 0 Å². The maximum atomic E-state index is 12.4. The molecule has 3 heteroatoms. The third-order valence-electron chi connectivity index (χ3n) is 3.43. The summed E-state index contributed by atoms with van der Waals surface area (Å²) in [6.45, 7) is 3.04. The smallest absolute Gasteiger partial charge is 0.254 e. The molecule has 1 heterocycles. The Bertz CT molecular complexity index is 388. The molecule has 1 amide bonds. The van der Waals surface area contributed by atoms with E-state index < -0.39 is 0 Å². The summed E-state index contributed by atoms with van der Waals surface area (Å²) in [6.07, 6.45) is 4.72. The Balaban J connectivity index is 2.15. The molecule has 92 valence electrons. The summed E-state index contributed by atoms with van der Waals surface area (Å²) < 4.78 is 0. The van der Waals surface area contributed by atoms with Crippen LogP contribution in [0.4, 0.5) is 0 Å². The van der Waals surface area contributed by atoms with Crippen LogP contribution in [0.5, 0.6) is 0 Å². The molecule has 0 spiro atoms. The first kappa shape index (κ1) is 12.5. The first-order valence-electron chi connectivity index (χ1n) is 6.28. The third-order valence-corrected chi connectivity index (χ3v) is 3.73. The van der Waals surface area contributed by atoms with Crippen molar-refractivity contribution in [1.82, 2.24) is 4.90 Å². The molecule has 0 bridgehead atoms. The molecule has 1 aromatic rings. The molecule has 2 rings (SSSR count). The van der Waals surface area contributed by atoms with Gasteiger partial charge in [0, 0.05) is 23.0 Å². The largest absolute Gasteiger partial charge is 0.336 e. The van der Waals surface area contributed by atoms with Gasteiger partial charge in [-0.15, -0.1) is 12.6 Å². The molecule has 1 aromatic carbocycles. The van der Waals surface area contributed by atoms with Crippen molar-refractivity contribution < 1.29 is 4.79 Å². The molecule has 1 aliphatic rings. The highest BCUT2D eigenvalue weighted by Gasteiger charge is 2.22. The topological polar surface area (TPSA) is 20.3 Å². The Labute approximate surface area is 108 Å². The molecular formula is C14H19NOS. The Morgan fingerprint density at radius 2 is 1.94 bits per heavy atom. The Morgan fingerprint density at radius 3 is 2.65 bits per heavy atom. The van der Waals surface area contributed by atoms with Crippen molar-refractivity contribution in [1.29, 1.82) is 0 Å². The van der Waals surface area contributed by atoms with Gasteiger partial charge in [0.2, 0.25) is 0 Å². The van der Waals surface area contributed by atoms with Crippen molar-refractivity contribution >= 4 is 18.5 Å². The maximum absolute atomic E-state index is 12.4. The van der Waals surface area contributed by atoms with E-state index >= 15 is 0 Å². The van der Waals surface area contributed by atoms with Crippen LogP contribution in [0.25, 0.3) is 0 Å². The van der Waals surface area contributed by atoms with E-state index in [9.17, 15) is 4.79 Å². The fourth-order valence-electron chi connectivity index (χ4n) is 2.35. The van der Waals surface area contributed by atoms with Crippen LogP contribution >= 0.6 is 12.6 Å². The molecule has 2 nitrogen and oxygen atoms in total. The summed E-state index contributed by atoms with van der Waals surface area (Å²) in [4.78, 5) is 15.3. The van der Waals surface area contributed by atoms with Crippen LogP contribution in [0.3, 0.4) is 0 Å². The lowest BCUT2D eigenvalue weighted by atomic mass is 10.1. The second-order valence-corrected chi connectivity index (χ2v) is 5.26. The summed E-state index contributed by atoms with van der Waals surface area (Å²) in [6, 6.07) is 7.84. The highest BCUT2D eigenvalue weighted by atomic mass is 32.1. The van der Waals surface area contributed by atoms with Crippen LogP contribution in [0, 0.1) is 0 Å². The van der Waals surface area contributed by atoms with Gasteiger partial charge in [-0.2, -0.15) is 0 Å². The van der Waals surface area contributed by atoms with E-state index in [2.05, 4.69) is 19.6 Å². The standard InChI is InChI=1S/C14H19NOS/c1-11-5-3-2-4-10-15(11)14(16)12-6-8-13(17)9-7-12/h6-9,11,17H,2-5,10H2,1H3. The van der Waals surface area contributed by atoms with Crippen LogP contribution in [-0.4, -0.2) is 23.4 Å². The van der Waals surface area contributed by atoms with Crippen LogP contribution in [0.2, 0.25) is 0 Å². The zero-order valence-electron chi connectivity index (χ0n) is 10.2. The van der Waals surface area contributed by atoms with Crippen molar-refractivity contribution in [2.45, 2.75) is 43.5 Å². The van der Waals surface area contributed by atoms with Gasteiger partial charge in [-0.05, 0) is 44.0 Å². The van der Waals surface area contributed by atoms with E-state index in [-0.39, 0.29) is 5.91 Å². The Kier molecular flexibility index (Phi) is 4.11. The first-order chi connectivity index (χ1) is 8.18. The van der Waals surface area contributed by atoms with Crippen molar-refractivity contribution in [3.63, 3.8) is 0 Å². The SMILES string of the molecule is CC1CCCCCN1C(=O)c1ccc(S)cc1. The number of rotatable bonds is 1. The lowest BCUT2D eigenvalue weighted by Crippen LogP contribution is -2.38. The second-order valence-electron chi connectivity index (χ2n) is 4.74. The molecule has 0 saturated carbocycles. The highest BCUT2D eigenvalue weighted by Crippen LogP contribution is 2.19. The monoisotopic (exact) mass is 249 g/mol. The van der Waals surface area contributed by atoms with Crippen LogP contribution in [0.1, 0.15) is 43.0 Å². The number of nitrogens with zero attached hydrogens (tertiary/aromatic N) is 1. The third kappa shape index (κ3) is 3.03. The zero-order chi connectivity index (χ0) is 12.3. The molecule has 17 heavy (non-hydrogen) atoms. The first-order valence-corrected chi connectivity index (χ1v) is 6.73. The average Bonchev–Trinajstić information content (AvgIpc) is 2.54. The number of hydrogen-bond acceptors (Lipinski definition) is 2. The molecule has 0 N–H and O–H groups in total. The molecule has 0 radical (unpaired) electrons. The van der Waals surface area contributed by atoms with Crippen molar-refractivity contribution in [2.24, 2.45) is 0 Å². The van der Waals surface area contributed by atoms with E-state index in [0.717, 1.165) is 29.8 Å². The van der Waals surface area contributed by atoms with E-state index in [4.69, 9.17) is 0 Å². The summed E-state index contributed by atoms with van der Waals surface area (Å²) in [5.41, 5.74) is 0.775. The fourth-order valence-corrected chi connectivity index (χ4v) is 2.50. The number of amides is 1. The maximum Gasteiger partial charge on any atom is 0.254 e. The molecular weight excluding hydrogens is 230 g/mol. The lowest BCUT2D eigenvalue weighted by Gasteiger charge is -2.27. The Morgan fingerprint density at radius 1 is 1.24 bits per heavy atom. The fraction of sp³-hybridized carbons (Fsp3) is 0.500. The van der Waals surface area contributed by atoms with Crippen LogP contribution < -0.4 is 0 Å². The quantitative estimate of drug-likeness (QED) is 0.757. The molecule has 1 saturated heterocycles. The van der Waals surface area contributed by atoms with Gasteiger partial charge in [-0.1, -0.05) is 12.8 Å². The summed E-state index contributed by atoms with van der Waals surface area (Å²) in [5, 5.41) is 0.